The Labute approximate surface area is 109 Å². The number of nitrogens with zero attached hydrogens (tertiary/aromatic N) is 1. The highest BCUT2D eigenvalue weighted by atomic mass is 16.3. The van der Waals surface area contributed by atoms with Crippen molar-refractivity contribution in [3.05, 3.63) is 0 Å². The molecule has 2 amide bonds. The van der Waals surface area contributed by atoms with Crippen LogP contribution in [0.5, 0.6) is 0 Å². The van der Waals surface area contributed by atoms with E-state index < -0.39 is 0 Å². The van der Waals surface area contributed by atoms with E-state index in [4.69, 9.17) is 5.11 Å². The molecule has 0 aromatic heterocycles. The second-order valence-electron chi connectivity index (χ2n) is 5.22. The van der Waals surface area contributed by atoms with E-state index in [1.165, 1.54) is 0 Å². The third-order valence-electron chi connectivity index (χ3n) is 3.56. The Morgan fingerprint density at radius 1 is 1.50 bits per heavy atom. The van der Waals surface area contributed by atoms with Crippen molar-refractivity contribution < 1.29 is 14.7 Å². The SMILES string of the molecule is CC(C)C1CCC(=O)N(CC(=O)NCCO)CC1. The molecule has 1 rings (SSSR count). The van der Waals surface area contributed by atoms with E-state index in [1.54, 1.807) is 4.90 Å². The maximum absolute atomic E-state index is 11.9. The molecular formula is C13H24N2O3. The standard InChI is InChI=1S/C13H24N2O3/c1-10(2)11-3-4-13(18)15(7-5-11)9-12(17)14-6-8-16/h10-11,16H,3-9H2,1-2H3,(H,14,17). The van der Waals surface area contributed by atoms with Gasteiger partial charge in [-0.2, -0.15) is 0 Å². The van der Waals surface area contributed by atoms with Gasteiger partial charge >= 0.3 is 0 Å². The Morgan fingerprint density at radius 2 is 2.22 bits per heavy atom. The average molecular weight is 256 g/mol. The third kappa shape index (κ3) is 4.64. The van der Waals surface area contributed by atoms with E-state index in [-0.39, 0.29) is 31.5 Å². The summed E-state index contributed by atoms with van der Waals surface area (Å²) in [5, 5.41) is 11.2. The number of amides is 2. The van der Waals surface area contributed by atoms with E-state index in [1.807, 2.05) is 0 Å². The Hall–Kier alpha value is -1.10. The molecule has 0 aliphatic carbocycles. The molecule has 1 fully saturated rings. The van der Waals surface area contributed by atoms with Gasteiger partial charge < -0.3 is 15.3 Å². The topological polar surface area (TPSA) is 69.6 Å². The lowest BCUT2D eigenvalue weighted by molar-refractivity contribution is -0.135. The number of aliphatic hydroxyl groups excluding tert-OH is 1. The molecule has 0 aromatic carbocycles. The minimum absolute atomic E-state index is 0.0669. The van der Waals surface area contributed by atoms with Crippen molar-refractivity contribution in [1.82, 2.24) is 10.2 Å². The molecule has 0 aromatic rings. The van der Waals surface area contributed by atoms with Crippen LogP contribution >= 0.6 is 0 Å². The predicted molar refractivity (Wildman–Crippen MR) is 68.9 cm³/mol. The fraction of sp³-hybridized carbons (Fsp3) is 0.846. The van der Waals surface area contributed by atoms with Gasteiger partial charge in [0.05, 0.1) is 13.2 Å². The van der Waals surface area contributed by atoms with E-state index >= 15 is 0 Å². The second kappa shape index (κ2) is 7.36. The predicted octanol–water partition coefficient (Wildman–Crippen LogP) is 0.380. The van der Waals surface area contributed by atoms with Crippen LogP contribution in [0.15, 0.2) is 0 Å². The summed E-state index contributed by atoms with van der Waals surface area (Å²) >= 11 is 0. The van der Waals surface area contributed by atoms with Gasteiger partial charge in [-0.1, -0.05) is 13.8 Å². The van der Waals surface area contributed by atoms with Crippen molar-refractivity contribution in [2.24, 2.45) is 11.8 Å². The fourth-order valence-electron chi connectivity index (χ4n) is 2.32. The van der Waals surface area contributed by atoms with E-state index in [2.05, 4.69) is 19.2 Å². The number of carbonyl (C=O) groups is 2. The largest absolute Gasteiger partial charge is 0.395 e. The normalized spacial score (nSPS) is 21.0. The number of carbonyl (C=O) groups excluding carboxylic acids is 2. The Kier molecular flexibility index (Phi) is 6.12. The van der Waals surface area contributed by atoms with Crippen LogP contribution < -0.4 is 5.32 Å². The van der Waals surface area contributed by atoms with Crippen LogP contribution in [0, 0.1) is 11.8 Å². The Balaban J connectivity index is 2.45. The number of likely N-dealkylation sites (tertiary alicyclic amines) is 1. The smallest absolute Gasteiger partial charge is 0.239 e. The summed E-state index contributed by atoms with van der Waals surface area (Å²) in [4.78, 5) is 25.0. The van der Waals surface area contributed by atoms with E-state index in [9.17, 15) is 9.59 Å². The molecule has 1 saturated heterocycles. The molecule has 1 unspecified atom stereocenters. The van der Waals surface area contributed by atoms with Crippen LogP contribution in [-0.4, -0.2) is 48.1 Å². The number of rotatable bonds is 5. The fourth-order valence-corrected chi connectivity index (χ4v) is 2.32. The highest BCUT2D eigenvalue weighted by Gasteiger charge is 2.25. The summed E-state index contributed by atoms with van der Waals surface area (Å²) in [5.74, 6) is 1.03. The molecule has 0 spiro atoms. The first-order valence-corrected chi connectivity index (χ1v) is 6.70. The number of hydrogen-bond donors (Lipinski definition) is 2. The minimum Gasteiger partial charge on any atom is -0.395 e. The number of aliphatic hydroxyl groups is 1. The van der Waals surface area contributed by atoms with Gasteiger partial charge in [-0.05, 0) is 24.7 Å². The van der Waals surface area contributed by atoms with Gasteiger partial charge in [-0.25, -0.2) is 0 Å². The van der Waals surface area contributed by atoms with E-state index in [0.717, 1.165) is 12.8 Å². The van der Waals surface area contributed by atoms with Crippen LogP contribution in [0.2, 0.25) is 0 Å². The lowest BCUT2D eigenvalue weighted by atomic mass is 9.89. The summed E-state index contributed by atoms with van der Waals surface area (Å²) in [7, 11) is 0. The molecule has 1 heterocycles. The van der Waals surface area contributed by atoms with Crippen LogP contribution in [-0.2, 0) is 9.59 Å². The zero-order valence-electron chi connectivity index (χ0n) is 11.3. The van der Waals surface area contributed by atoms with Crippen LogP contribution in [0.25, 0.3) is 0 Å². The maximum Gasteiger partial charge on any atom is 0.239 e. The molecule has 1 aliphatic rings. The van der Waals surface area contributed by atoms with Crippen molar-refractivity contribution in [2.75, 3.05) is 26.2 Å². The molecular weight excluding hydrogens is 232 g/mol. The van der Waals surface area contributed by atoms with Gasteiger partial charge in [0.2, 0.25) is 11.8 Å². The van der Waals surface area contributed by atoms with Crippen molar-refractivity contribution in [2.45, 2.75) is 33.1 Å². The first-order valence-electron chi connectivity index (χ1n) is 6.70. The van der Waals surface area contributed by atoms with Crippen molar-refractivity contribution >= 4 is 11.8 Å². The molecule has 18 heavy (non-hydrogen) atoms. The first kappa shape index (κ1) is 15.0. The summed E-state index contributed by atoms with van der Waals surface area (Å²) in [6.45, 7) is 5.31. The average Bonchev–Trinajstić information content (AvgIpc) is 2.50. The van der Waals surface area contributed by atoms with Crippen LogP contribution in [0.3, 0.4) is 0 Å². The van der Waals surface area contributed by atoms with E-state index in [0.29, 0.717) is 24.8 Å². The van der Waals surface area contributed by atoms with Crippen molar-refractivity contribution in [3.63, 3.8) is 0 Å². The minimum atomic E-state index is -0.194. The Bertz CT molecular complexity index is 292. The molecule has 0 saturated carbocycles. The zero-order valence-corrected chi connectivity index (χ0v) is 11.3. The molecule has 1 aliphatic heterocycles. The highest BCUT2D eigenvalue weighted by Crippen LogP contribution is 2.24. The third-order valence-corrected chi connectivity index (χ3v) is 3.56. The van der Waals surface area contributed by atoms with Crippen LogP contribution in [0.1, 0.15) is 33.1 Å². The summed E-state index contributed by atoms with van der Waals surface area (Å²) in [6, 6.07) is 0. The van der Waals surface area contributed by atoms with Crippen molar-refractivity contribution in [3.8, 4) is 0 Å². The lowest BCUT2D eigenvalue weighted by Gasteiger charge is -2.21. The lowest BCUT2D eigenvalue weighted by Crippen LogP contribution is -2.41. The molecule has 0 radical (unpaired) electrons. The highest BCUT2D eigenvalue weighted by molar-refractivity contribution is 5.84. The van der Waals surface area contributed by atoms with Gasteiger partial charge in [-0.3, -0.25) is 9.59 Å². The maximum atomic E-state index is 11.9. The molecule has 2 N–H and O–H groups in total. The summed E-state index contributed by atoms with van der Waals surface area (Å²) in [6.07, 6.45) is 2.43. The monoisotopic (exact) mass is 256 g/mol. The molecule has 5 nitrogen and oxygen atoms in total. The first-order chi connectivity index (χ1) is 8.54. The van der Waals surface area contributed by atoms with Gasteiger partial charge in [0.1, 0.15) is 0 Å². The molecule has 0 bridgehead atoms. The van der Waals surface area contributed by atoms with Gasteiger partial charge in [0.25, 0.3) is 0 Å². The quantitative estimate of drug-likeness (QED) is 0.747. The van der Waals surface area contributed by atoms with Gasteiger partial charge in [0, 0.05) is 19.5 Å². The molecule has 5 heteroatoms. The van der Waals surface area contributed by atoms with Gasteiger partial charge in [-0.15, -0.1) is 0 Å². The zero-order chi connectivity index (χ0) is 13.5. The van der Waals surface area contributed by atoms with Gasteiger partial charge in [0.15, 0.2) is 0 Å². The molecule has 1 atom stereocenters. The Morgan fingerprint density at radius 3 is 2.83 bits per heavy atom. The molecule has 104 valence electrons. The number of hydrogen-bond acceptors (Lipinski definition) is 3. The second-order valence-corrected chi connectivity index (χ2v) is 5.22. The number of nitrogens with one attached hydrogen (secondary N) is 1. The summed E-state index contributed by atoms with van der Waals surface area (Å²) in [5.41, 5.74) is 0. The van der Waals surface area contributed by atoms with Crippen LogP contribution in [0.4, 0.5) is 0 Å². The summed E-state index contributed by atoms with van der Waals surface area (Å²) < 4.78 is 0. The van der Waals surface area contributed by atoms with Crippen molar-refractivity contribution in [1.29, 1.82) is 0 Å².